The van der Waals surface area contributed by atoms with Gasteiger partial charge in [-0.1, -0.05) is 90.5 Å². The van der Waals surface area contributed by atoms with Crippen molar-refractivity contribution < 1.29 is 4.74 Å². The van der Waals surface area contributed by atoms with Crippen LogP contribution in [0.3, 0.4) is 0 Å². The van der Waals surface area contributed by atoms with E-state index in [1.54, 1.807) is 18.9 Å². The molecule has 30 heavy (non-hydrogen) atoms. The molecule has 3 aromatic carbocycles. The Balaban J connectivity index is 1.76. The lowest BCUT2D eigenvalue weighted by atomic mass is 10.0. The number of methoxy groups -OCH3 is 1. The van der Waals surface area contributed by atoms with Crippen LogP contribution in [0.1, 0.15) is 5.56 Å². The summed E-state index contributed by atoms with van der Waals surface area (Å²) in [5.74, 6) is 4.46. The number of nitrogens with zero attached hydrogens (tertiary/aromatic N) is 2. The molecular weight excluding hydrogens is 388 g/mol. The average molecular weight is 411 g/mol. The van der Waals surface area contributed by atoms with Gasteiger partial charge in [-0.15, -0.1) is 6.42 Å². The van der Waals surface area contributed by atoms with Gasteiger partial charge in [0.15, 0.2) is 5.16 Å². The van der Waals surface area contributed by atoms with Gasteiger partial charge in [0.2, 0.25) is 0 Å². The van der Waals surface area contributed by atoms with Crippen molar-refractivity contribution in [2.24, 2.45) is 0 Å². The smallest absolute Gasteiger partial charge is 0.170 e. The number of rotatable bonds is 7. The summed E-state index contributed by atoms with van der Waals surface area (Å²) in [6.45, 7) is 0.467. The van der Waals surface area contributed by atoms with Crippen LogP contribution in [0.5, 0.6) is 5.75 Å². The zero-order valence-corrected chi connectivity index (χ0v) is 17.6. The highest BCUT2D eigenvalue weighted by atomic mass is 32.2. The van der Waals surface area contributed by atoms with Crippen LogP contribution in [0.2, 0.25) is 0 Å². The molecule has 4 heteroatoms. The monoisotopic (exact) mass is 410 g/mol. The summed E-state index contributed by atoms with van der Waals surface area (Å²) in [7, 11) is 1.68. The molecule has 0 aliphatic rings. The lowest BCUT2D eigenvalue weighted by Gasteiger charge is -2.10. The SMILES string of the molecule is C#CCn1c(SCc2ccc(OC)cc2)nc(-c2ccccc2)c1-c1ccccc1. The van der Waals surface area contributed by atoms with Crippen molar-refractivity contribution in [2.75, 3.05) is 7.11 Å². The zero-order valence-electron chi connectivity index (χ0n) is 16.8. The van der Waals surface area contributed by atoms with Gasteiger partial charge in [-0.05, 0) is 17.7 Å². The highest BCUT2D eigenvalue weighted by Gasteiger charge is 2.20. The molecule has 0 radical (unpaired) electrons. The summed E-state index contributed by atoms with van der Waals surface area (Å²) >= 11 is 1.69. The molecule has 0 amide bonds. The van der Waals surface area contributed by atoms with Crippen LogP contribution in [0.15, 0.2) is 90.1 Å². The van der Waals surface area contributed by atoms with Crippen LogP contribution in [-0.4, -0.2) is 16.7 Å². The fourth-order valence-corrected chi connectivity index (χ4v) is 4.29. The first-order valence-electron chi connectivity index (χ1n) is 9.70. The maximum Gasteiger partial charge on any atom is 0.170 e. The van der Waals surface area contributed by atoms with Gasteiger partial charge in [0.1, 0.15) is 5.75 Å². The Bertz CT molecular complexity index is 1140. The minimum atomic E-state index is 0.467. The maximum absolute atomic E-state index is 5.74. The van der Waals surface area contributed by atoms with E-state index in [2.05, 4.69) is 46.9 Å². The molecule has 0 aliphatic carbocycles. The standard InChI is InChI=1S/C26H22N2OS/c1-3-18-28-25(22-12-8-5-9-13-22)24(21-10-6-4-7-11-21)27-26(28)30-19-20-14-16-23(29-2)17-15-20/h1,4-17H,18-19H2,2H3. The second-order valence-corrected chi connectivity index (χ2v) is 7.69. The molecule has 0 bridgehead atoms. The Morgan fingerprint density at radius 2 is 1.53 bits per heavy atom. The van der Waals surface area contributed by atoms with Crippen molar-refractivity contribution in [3.63, 3.8) is 0 Å². The Morgan fingerprint density at radius 3 is 2.13 bits per heavy atom. The van der Waals surface area contributed by atoms with E-state index in [0.717, 1.165) is 39.2 Å². The van der Waals surface area contributed by atoms with Gasteiger partial charge in [0.25, 0.3) is 0 Å². The third-order valence-electron chi connectivity index (χ3n) is 4.80. The predicted octanol–water partition coefficient (Wildman–Crippen LogP) is 6.15. The first-order valence-corrected chi connectivity index (χ1v) is 10.7. The van der Waals surface area contributed by atoms with E-state index in [9.17, 15) is 0 Å². The van der Waals surface area contributed by atoms with E-state index in [4.69, 9.17) is 16.1 Å². The van der Waals surface area contributed by atoms with Crippen LogP contribution in [-0.2, 0) is 12.3 Å². The molecule has 0 atom stereocenters. The van der Waals surface area contributed by atoms with Gasteiger partial charge in [-0.25, -0.2) is 4.98 Å². The number of thioether (sulfide) groups is 1. The van der Waals surface area contributed by atoms with E-state index in [-0.39, 0.29) is 0 Å². The van der Waals surface area contributed by atoms with E-state index in [1.807, 2.05) is 48.5 Å². The first-order chi connectivity index (χ1) is 14.8. The van der Waals surface area contributed by atoms with E-state index < -0.39 is 0 Å². The molecule has 3 nitrogen and oxygen atoms in total. The molecule has 0 spiro atoms. The quantitative estimate of drug-likeness (QED) is 0.270. The van der Waals surface area contributed by atoms with Crippen molar-refractivity contribution in [3.8, 4) is 40.6 Å². The molecule has 4 aromatic rings. The molecule has 0 unspecified atom stereocenters. The van der Waals surface area contributed by atoms with Gasteiger partial charge in [0, 0.05) is 16.9 Å². The number of ether oxygens (including phenoxy) is 1. The number of terminal acetylenes is 1. The van der Waals surface area contributed by atoms with Crippen molar-refractivity contribution in [1.82, 2.24) is 9.55 Å². The summed E-state index contributed by atoms with van der Waals surface area (Å²) in [6.07, 6.45) is 5.74. The van der Waals surface area contributed by atoms with Crippen LogP contribution < -0.4 is 4.74 Å². The Labute approximate surface area is 181 Å². The van der Waals surface area contributed by atoms with E-state index in [1.165, 1.54) is 5.56 Å². The summed E-state index contributed by atoms with van der Waals surface area (Å²) in [6, 6.07) is 28.7. The molecule has 1 heterocycles. The Kier molecular flexibility index (Phi) is 6.22. The van der Waals surface area contributed by atoms with Gasteiger partial charge >= 0.3 is 0 Å². The van der Waals surface area contributed by atoms with Crippen molar-refractivity contribution in [2.45, 2.75) is 17.5 Å². The van der Waals surface area contributed by atoms with Crippen molar-refractivity contribution in [3.05, 3.63) is 90.5 Å². The highest BCUT2D eigenvalue weighted by Crippen LogP contribution is 2.36. The van der Waals surface area contributed by atoms with Crippen molar-refractivity contribution in [1.29, 1.82) is 0 Å². The Hall–Kier alpha value is -3.42. The predicted molar refractivity (Wildman–Crippen MR) is 124 cm³/mol. The fraction of sp³-hybridized carbons (Fsp3) is 0.115. The highest BCUT2D eigenvalue weighted by molar-refractivity contribution is 7.98. The van der Waals surface area contributed by atoms with Gasteiger partial charge < -0.3 is 9.30 Å². The third-order valence-corrected chi connectivity index (χ3v) is 5.85. The van der Waals surface area contributed by atoms with Crippen LogP contribution in [0.4, 0.5) is 0 Å². The number of aromatic nitrogens is 2. The largest absolute Gasteiger partial charge is 0.497 e. The minimum absolute atomic E-state index is 0.467. The summed E-state index contributed by atoms with van der Waals surface area (Å²) < 4.78 is 7.40. The number of imidazole rings is 1. The summed E-state index contributed by atoms with van der Waals surface area (Å²) in [4.78, 5) is 5.03. The van der Waals surface area contributed by atoms with Crippen molar-refractivity contribution >= 4 is 11.8 Å². The minimum Gasteiger partial charge on any atom is -0.497 e. The number of benzene rings is 3. The maximum atomic E-state index is 5.74. The second-order valence-electron chi connectivity index (χ2n) is 6.75. The molecule has 148 valence electrons. The molecule has 0 fully saturated rings. The van der Waals surface area contributed by atoms with E-state index >= 15 is 0 Å². The van der Waals surface area contributed by atoms with Gasteiger partial charge in [-0.2, -0.15) is 0 Å². The third kappa shape index (κ3) is 4.27. The normalized spacial score (nSPS) is 10.5. The fourth-order valence-electron chi connectivity index (χ4n) is 3.34. The van der Waals surface area contributed by atoms with Gasteiger partial charge in [0.05, 0.1) is 25.0 Å². The van der Waals surface area contributed by atoms with Crippen LogP contribution >= 0.6 is 11.8 Å². The molecule has 0 aliphatic heterocycles. The van der Waals surface area contributed by atoms with Crippen LogP contribution in [0.25, 0.3) is 22.5 Å². The topological polar surface area (TPSA) is 27.1 Å². The molecule has 4 rings (SSSR count). The molecule has 0 saturated carbocycles. The van der Waals surface area contributed by atoms with E-state index in [0.29, 0.717) is 6.54 Å². The Morgan fingerprint density at radius 1 is 0.900 bits per heavy atom. The summed E-state index contributed by atoms with van der Waals surface area (Å²) in [5, 5.41) is 0.918. The molecule has 1 aromatic heterocycles. The zero-order chi connectivity index (χ0) is 20.8. The number of hydrogen-bond acceptors (Lipinski definition) is 3. The van der Waals surface area contributed by atoms with Gasteiger partial charge in [-0.3, -0.25) is 0 Å². The first kappa shape index (κ1) is 19.9. The van der Waals surface area contributed by atoms with Crippen LogP contribution in [0, 0.1) is 12.3 Å². The lowest BCUT2D eigenvalue weighted by Crippen LogP contribution is -2.01. The molecule has 0 N–H and O–H groups in total. The molecular formula is C26H22N2OS. The summed E-state index contributed by atoms with van der Waals surface area (Å²) in [5.41, 5.74) is 5.40. The second kappa shape index (κ2) is 9.39. The molecule has 0 saturated heterocycles. The average Bonchev–Trinajstić information content (AvgIpc) is 3.17. The lowest BCUT2D eigenvalue weighted by molar-refractivity contribution is 0.414. The number of hydrogen-bond donors (Lipinski definition) is 0.